The van der Waals surface area contributed by atoms with Crippen molar-refractivity contribution < 1.29 is 4.79 Å². The van der Waals surface area contributed by atoms with Gasteiger partial charge >= 0.3 is 0 Å². The number of nitrogens with one attached hydrogen (secondary N) is 1. The van der Waals surface area contributed by atoms with Gasteiger partial charge in [-0.05, 0) is 49.4 Å². The molecule has 0 aliphatic carbocycles. The van der Waals surface area contributed by atoms with E-state index in [-0.39, 0.29) is 5.91 Å². The Balaban J connectivity index is 2.28. The van der Waals surface area contributed by atoms with E-state index in [0.29, 0.717) is 0 Å². The van der Waals surface area contributed by atoms with Gasteiger partial charge in [-0.2, -0.15) is 0 Å². The van der Waals surface area contributed by atoms with Crippen molar-refractivity contribution in [3.63, 3.8) is 0 Å². The maximum Gasteiger partial charge on any atom is 0.255 e. The van der Waals surface area contributed by atoms with Crippen LogP contribution in [0.25, 0.3) is 0 Å². The van der Waals surface area contributed by atoms with E-state index in [9.17, 15) is 4.79 Å². The molecule has 2 rings (SSSR count). The van der Waals surface area contributed by atoms with Crippen LogP contribution >= 0.6 is 11.8 Å². The molecule has 0 heterocycles. The fourth-order valence-electron chi connectivity index (χ4n) is 1.93. The lowest BCUT2D eigenvalue weighted by atomic mass is 10.0. The number of thioether (sulfide) groups is 1. The minimum absolute atomic E-state index is 0.0531. The third-order valence-electron chi connectivity index (χ3n) is 3.20. The van der Waals surface area contributed by atoms with Crippen molar-refractivity contribution in [1.29, 1.82) is 0 Å². The largest absolute Gasteiger partial charge is 0.321 e. The van der Waals surface area contributed by atoms with Crippen molar-refractivity contribution in [1.82, 2.24) is 0 Å². The quantitative estimate of drug-likeness (QED) is 0.844. The molecule has 0 saturated heterocycles. The standard InChI is InChI=1S/C16H17NOS/c1-11-7-6-8-13(12(11)2)16(18)17-14-9-4-5-10-15(14)19-3/h4-10H,1-3H3,(H,17,18). The number of hydrogen-bond acceptors (Lipinski definition) is 2. The van der Waals surface area contributed by atoms with Crippen LogP contribution < -0.4 is 5.32 Å². The topological polar surface area (TPSA) is 29.1 Å². The van der Waals surface area contributed by atoms with Crippen molar-refractivity contribution >= 4 is 23.4 Å². The number of benzene rings is 2. The number of carbonyl (C=O) groups is 1. The Morgan fingerprint density at radius 1 is 1.05 bits per heavy atom. The van der Waals surface area contributed by atoms with Crippen LogP contribution in [0.15, 0.2) is 47.4 Å². The van der Waals surface area contributed by atoms with Gasteiger partial charge in [-0.1, -0.05) is 24.3 Å². The molecule has 1 amide bonds. The van der Waals surface area contributed by atoms with Crippen LogP contribution in [0, 0.1) is 13.8 Å². The number of para-hydroxylation sites is 1. The highest BCUT2D eigenvalue weighted by molar-refractivity contribution is 7.98. The molecule has 2 aromatic rings. The Labute approximate surface area is 118 Å². The number of rotatable bonds is 3. The summed E-state index contributed by atoms with van der Waals surface area (Å²) >= 11 is 1.63. The van der Waals surface area contributed by atoms with Crippen molar-refractivity contribution in [2.45, 2.75) is 18.7 Å². The van der Waals surface area contributed by atoms with Gasteiger partial charge in [0.1, 0.15) is 0 Å². The predicted molar refractivity (Wildman–Crippen MR) is 82.1 cm³/mol. The molecule has 3 heteroatoms. The molecule has 0 bridgehead atoms. The number of aryl methyl sites for hydroxylation is 1. The second kappa shape index (κ2) is 5.93. The van der Waals surface area contributed by atoms with Crippen LogP contribution in [0.3, 0.4) is 0 Å². The summed E-state index contributed by atoms with van der Waals surface area (Å²) in [4.78, 5) is 13.4. The third kappa shape index (κ3) is 2.99. The summed E-state index contributed by atoms with van der Waals surface area (Å²) in [5.74, 6) is -0.0531. The first-order chi connectivity index (χ1) is 9.13. The van der Waals surface area contributed by atoms with Gasteiger partial charge in [0, 0.05) is 10.5 Å². The minimum atomic E-state index is -0.0531. The second-order valence-corrected chi connectivity index (χ2v) is 5.25. The summed E-state index contributed by atoms with van der Waals surface area (Å²) in [7, 11) is 0. The van der Waals surface area contributed by atoms with Crippen LogP contribution in [0.4, 0.5) is 5.69 Å². The number of hydrogen-bond donors (Lipinski definition) is 1. The minimum Gasteiger partial charge on any atom is -0.321 e. The van der Waals surface area contributed by atoms with Crippen molar-refractivity contribution in [2.24, 2.45) is 0 Å². The van der Waals surface area contributed by atoms with Gasteiger partial charge in [-0.3, -0.25) is 4.79 Å². The summed E-state index contributed by atoms with van der Waals surface area (Å²) < 4.78 is 0. The predicted octanol–water partition coefficient (Wildman–Crippen LogP) is 4.28. The van der Waals surface area contributed by atoms with E-state index in [4.69, 9.17) is 0 Å². The number of amides is 1. The maximum absolute atomic E-state index is 12.3. The smallest absolute Gasteiger partial charge is 0.255 e. The summed E-state index contributed by atoms with van der Waals surface area (Å²) in [6.07, 6.45) is 2.00. The molecule has 0 aromatic heterocycles. The van der Waals surface area contributed by atoms with Crippen LogP contribution in [0.1, 0.15) is 21.5 Å². The molecule has 0 aliphatic rings. The average Bonchev–Trinajstić information content (AvgIpc) is 2.42. The van der Waals surface area contributed by atoms with Crippen LogP contribution in [-0.2, 0) is 0 Å². The fraction of sp³-hybridized carbons (Fsp3) is 0.188. The molecule has 0 saturated carbocycles. The molecule has 2 aromatic carbocycles. The zero-order chi connectivity index (χ0) is 13.8. The highest BCUT2D eigenvalue weighted by Gasteiger charge is 2.11. The first-order valence-corrected chi connectivity index (χ1v) is 7.36. The Kier molecular flexibility index (Phi) is 4.27. The SMILES string of the molecule is CSc1ccccc1NC(=O)c1cccc(C)c1C. The van der Waals surface area contributed by atoms with Gasteiger partial charge in [0.2, 0.25) is 0 Å². The van der Waals surface area contributed by atoms with E-state index in [1.165, 1.54) is 0 Å². The molecule has 0 aliphatic heterocycles. The van der Waals surface area contributed by atoms with Gasteiger partial charge in [0.15, 0.2) is 0 Å². The average molecular weight is 271 g/mol. The highest BCUT2D eigenvalue weighted by Crippen LogP contribution is 2.25. The van der Waals surface area contributed by atoms with E-state index in [2.05, 4.69) is 5.32 Å². The lowest BCUT2D eigenvalue weighted by Gasteiger charge is -2.11. The molecule has 0 fully saturated rings. The number of anilines is 1. The lowest BCUT2D eigenvalue weighted by molar-refractivity contribution is 0.102. The van der Waals surface area contributed by atoms with Gasteiger partial charge in [-0.25, -0.2) is 0 Å². The third-order valence-corrected chi connectivity index (χ3v) is 4.00. The maximum atomic E-state index is 12.3. The molecular formula is C16H17NOS. The molecule has 19 heavy (non-hydrogen) atoms. The Bertz CT molecular complexity index is 607. The summed E-state index contributed by atoms with van der Waals surface area (Å²) in [6.45, 7) is 3.99. The van der Waals surface area contributed by atoms with Crippen LogP contribution in [0.5, 0.6) is 0 Å². The van der Waals surface area contributed by atoms with Crippen molar-refractivity contribution in [2.75, 3.05) is 11.6 Å². The zero-order valence-corrected chi connectivity index (χ0v) is 12.2. The second-order valence-electron chi connectivity index (χ2n) is 4.40. The highest BCUT2D eigenvalue weighted by atomic mass is 32.2. The molecule has 0 atom stereocenters. The van der Waals surface area contributed by atoms with Gasteiger partial charge in [0.25, 0.3) is 5.91 Å². The molecule has 0 spiro atoms. The number of carbonyl (C=O) groups excluding carboxylic acids is 1. The monoisotopic (exact) mass is 271 g/mol. The van der Waals surface area contributed by atoms with E-state index in [1.54, 1.807) is 11.8 Å². The van der Waals surface area contributed by atoms with Gasteiger partial charge in [-0.15, -0.1) is 11.8 Å². The van der Waals surface area contributed by atoms with E-state index >= 15 is 0 Å². The van der Waals surface area contributed by atoms with Crippen LogP contribution in [-0.4, -0.2) is 12.2 Å². The first-order valence-electron chi connectivity index (χ1n) is 6.14. The van der Waals surface area contributed by atoms with E-state index < -0.39 is 0 Å². The molecule has 0 radical (unpaired) electrons. The molecule has 2 nitrogen and oxygen atoms in total. The normalized spacial score (nSPS) is 10.3. The molecular weight excluding hydrogens is 254 g/mol. The van der Waals surface area contributed by atoms with Crippen molar-refractivity contribution in [3.05, 3.63) is 59.2 Å². The van der Waals surface area contributed by atoms with E-state index in [1.807, 2.05) is 62.6 Å². The Morgan fingerprint density at radius 2 is 1.79 bits per heavy atom. The molecule has 0 unspecified atom stereocenters. The van der Waals surface area contributed by atoms with Gasteiger partial charge in [0.05, 0.1) is 5.69 Å². The summed E-state index contributed by atoms with van der Waals surface area (Å²) in [5, 5.41) is 2.99. The summed E-state index contributed by atoms with van der Waals surface area (Å²) in [6, 6.07) is 13.6. The van der Waals surface area contributed by atoms with Crippen LogP contribution in [0.2, 0.25) is 0 Å². The Hall–Kier alpha value is -1.74. The molecule has 1 N–H and O–H groups in total. The first kappa shape index (κ1) is 13.7. The molecule has 98 valence electrons. The zero-order valence-electron chi connectivity index (χ0n) is 11.4. The van der Waals surface area contributed by atoms with E-state index in [0.717, 1.165) is 27.3 Å². The Morgan fingerprint density at radius 3 is 2.53 bits per heavy atom. The summed E-state index contributed by atoms with van der Waals surface area (Å²) in [5.41, 5.74) is 3.75. The van der Waals surface area contributed by atoms with Crippen molar-refractivity contribution in [3.8, 4) is 0 Å². The lowest BCUT2D eigenvalue weighted by Crippen LogP contribution is -2.14. The van der Waals surface area contributed by atoms with Gasteiger partial charge < -0.3 is 5.32 Å². The fourth-order valence-corrected chi connectivity index (χ4v) is 2.49.